The lowest BCUT2D eigenvalue weighted by molar-refractivity contribution is -0.343. The Hall–Kier alpha value is -3.29. The average Bonchev–Trinajstić information content (AvgIpc) is 3.17. The zero-order valence-electron chi connectivity index (χ0n) is 19.7. The summed E-state index contributed by atoms with van der Waals surface area (Å²) in [7, 11) is 0. The summed E-state index contributed by atoms with van der Waals surface area (Å²) >= 11 is 0. The van der Waals surface area contributed by atoms with E-state index in [0.717, 1.165) is 12.3 Å². The van der Waals surface area contributed by atoms with Crippen molar-refractivity contribution in [3.8, 4) is 5.75 Å². The molecule has 12 nitrogen and oxygen atoms in total. The Morgan fingerprint density at radius 1 is 1.14 bits per heavy atom. The van der Waals surface area contributed by atoms with Gasteiger partial charge in [0.2, 0.25) is 12.6 Å². The van der Waals surface area contributed by atoms with Crippen molar-refractivity contribution in [3.05, 3.63) is 47.7 Å². The zero-order chi connectivity index (χ0) is 26.9. The third-order valence-electron chi connectivity index (χ3n) is 6.91. The van der Waals surface area contributed by atoms with Crippen LogP contribution in [0, 0.1) is 17.8 Å². The molecule has 1 saturated heterocycles. The quantitative estimate of drug-likeness (QED) is 0.238. The summed E-state index contributed by atoms with van der Waals surface area (Å²) < 4.78 is 22.3. The van der Waals surface area contributed by atoms with Gasteiger partial charge in [-0.15, -0.1) is 0 Å². The predicted octanol–water partition coefficient (Wildman–Crippen LogP) is -0.0611. The molecule has 0 aromatic heterocycles. The predicted molar refractivity (Wildman–Crippen MR) is 122 cm³/mol. The monoisotopic (exact) mass is 520 g/mol. The number of ether oxygens (including phenoxy) is 4. The van der Waals surface area contributed by atoms with Gasteiger partial charge < -0.3 is 44.5 Å². The molecule has 4 rings (SSSR count). The van der Waals surface area contributed by atoms with Crippen molar-refractivity contribution in [1.82, 2.24) is 0 Å². The first-order valence-electron chi connectivity index (χ1n) is 11.7. The number of benzene rings is 1. The standard InChI is InChI=1S/C25H28O12/c1-11-16(28)8-14-15(23(32)33)10-34-24(19(11)14)37-25-22(21(31)20(30)17(9-26)35-25)36-18(29)7-4-12-2-5-13(27)6-3-12/h2-7,10-11,14,17,19-22,24-27,30-31H,8-9H2,1H3,(H,32,33)/b7-4-/t11-,14+,17+,19+,20+,21-,22+,24-,25-/m0/s1. The number of phenolic OH excluding ortho intramolecular Hbond substituents is 1. The van der Waals surface area contributed by atoms with Gasteiger partial charge in [0.05, 0.1) is 18.4 Å². The number of ketones is 1. The molecule has 1 aromatic rings. The smallest absolute Gasteiger partial charge is 0.334 e. The molecule has 2 aliphatic heterocycles. The lowest BCUT2D eigenvalue weighted by Gasteiger charge is -2.43. The van der Waals surface area contributed by atoms with Crippen LogP contribution >= 0.6 is 0 Å². The van der Waals surface area contributed by atoms with Crippen molar-refractivity contribution in [2.45, 2.75) is 50.3 Å². The molecule has 3 aliphatic rings. The number of hydrogen-bond donors (Lipinski definition) is 5. The third-order valence-corrected chi connectivity index (χ3v) is 6.91. The number of carboxylic acids is 1. The minimum Gasteiger partial charge on any atom is -0.508 e. The highest BCUT2D eigenvalue weighted by atomic mass is 16.8. The topological polar surface area (TPSA) is 189 Å². The molecule has 9 atom stereocenters. The van der Waals surface area contributed by atoms with E-state index in [1.807, 2.05) is 0 Å². The normalized spacial score (nSPS) is 35.5. The molecule has 0 spiro atoms. The second-order valence-electron chi connectivity index (χ2n) is 9.19. The van der Waals surface area contributed by atoms with Crippen molar-refractivity contribution in [1.29, 1.82) is 0 Å². The first kappa shape index (κ1) is 26.8. The number of carbonyl (C=O) groups excluding carboxylic acids is 2. The zero-order valence-corrected chi connectivity index (χ0v) is 19.7. The van der Waals surface area contributed by atoms with E-state index in [2.05, 4.69) is 0 Å². The summed E-state index contributed by atoms with van der Waals surface area (Å²) in [6.45, 7) is 0.940. The van der Waals surface area contributed by atoms with Crippen LogP contribution in [0.4, 0.5) is 0 Å². The molecule has 5 N–H and O–H groups in total. The summed E-state index contributed by atoms with van der Waals surface area (Å²) in [5.41, 5.74) is 0.504. The lowest BCUT2D eigenvalue weighted by atomic mass is 9.83. The van der Waals surface area contributed by atoms with E-state index in [0.29, 0.717) is 5.56 Å². The van der Waals surface area contributed by atoms with Gasteiger partial charge in [-0.1, -0.05) is 19.1 Å². The second kappa shape index (κ2) is 11.0. The first-order valence-corrected chi connectivity index (χ1v) is 11.7. The van der Waals surface area contributed by atoms with E-state index in [1.54, 1.807) is 19.1 Å². The molecule has 37 heavy (non-hydrogen) atoms. The summed E-state index contributed by atoms with van der Waals surface area (Å²) in [6.07, 6.45) is -5.46. The Kier molecular flexibility index (Phi) is 7.95. The molecule has 0 unspecified atom stereocenters. The van der Waals surface area contributed by atoms with Gasteiger partial charge >= 0.3 is 11.9 Å². The van der Waals surface area contributed by atoms with Crippen molar-refractivity contribution in [2.24, 2.45) is 17.8 Å². The highest BCUT2D eigenvalue weighted by molar-refractivity contribution is 5.91. The van der Waals surface area contributed by atoms with Crippen LogP contribution in [-0.4, -0.2) is 86.9 Å². The summed E-state index contributed by atoms with van der Waals surface area (Å²) in [5, 5.41) is 49.4. The number of carbonyl (C=O) groups is 3. The van der Waals surface area contributed by atoms with Crippen LogP contribution in [0.2, 0.25) is 0 Å². The number of esters is 1. The van der Waals surface area contributed by atoms with Crippen molar-refractivity contribution in [2.75, 3.05) is 6.61 Å². The number of aromatic hydroxyl groups is 1. The number of aliphatic hydroxyl groups is 3. The number of carboxylic acid groups (broad SMARTS) is 1. The Morgan fingerprint density at radius 2 is 1.84 bits per heavy atom. The van der Waals surface area contributed by atoms with Gasteiger partial charge in [-0.05, 0) is 23.8 Å². The van der Waals surface area contributed by atoms with E-state index in [9.17, 15) is 39.9 Å². The molecule has 200 valence electrons. The van der Waals surface area contributed by atoms with Crippen LogP contribution < -0.4 is 0 Å². The molecule has 0 radical (unpaired) electrons. The Balaban J connectivity index is 1.54. The van der Waals surface area contributed by atoms with Gasteiger partial charge in [-0.3, -0.25) is 4.79 Å². The Bertz CT molecular complexity index is 1080. The summed E-state index contributed by atoms with van der Waals surface area (Å²) in [4.78, 5) is 36.6. The van der Waals surface area contributed by atoms with Crippen LogP contribution in [0.5, 0.6) is 5.75 Å². The van der Waals surface area contributed by atoms with Gasteiger partial charge in [0, 0.05) is 30.3 Å². The first-order chi connectivity index (χ1) is 17.6. The molecule has 1 aliphatic carbocycles. The van der Waals surface area contributed by atoms with Gasteiger partial charge in [-0.25, -0.2) is 9.59 Å². The van der Waals surface area contributed by atoms with E-state index in [-0.39, 0.29) is 23.5 Å². The van der Waals surface area contributed by atoms with Crippen LogP contribution in [0.1, 0.15) is 18.9 Å². The third kappa shape index (κ3) is 5.53. The largest absolute Gasteiger partial charge is 0.508 e. The van der Waals surface area contributed by atoms with Crippen LogP contribution in [0.15, 0.2) is 42.2 Å². The van der Waals surface area contributed by atoms with E-state index >= 15 is 0 Å². The fourth-order valence-corrected chi connectivity index (χ4v) is 4.84. The second-order valence-corrected chi connectivity index (χ2v) is 9.19. The molecule has 12 heteroatoms. The molecule has 2 fully saturated rings. The van der Waals surface area contributed by atoms with Crippen molar-refractivity contribution < 1.29 is 58.9 Å². The molecular weight excluding hydrogens is 492 g/mol. The number of aliphatic carboxylic acids is 1. The number of fused-ring (bicyclic) bond motifs is 1. The van der Waals surface area contributed by atoms with Gasteiger partial charge in [0.15, 0.2) is 6.10 Å². The Morgan fingerprint density at radius 3 is 2.49 bits per heavy atom. The van der Waals surface area contributed by atoms with E-state index in [4.69, 9.17) is 18.9 Å². The number of Topliss-reactive ketones (excluding diaryl/α,β-unsaturated/α-hetero) is 1. The van der Waals surface area contributed by atoms with Gasteiger partial charge in [0.25, 0.3) is 0 Å². The average molecular weight is 520 g/mol. The number of hydrogen-bond acceptors (Lipinski definition) is 11. The fraction of sp³-hybridized carbons (Fsp3) is 0.480. The number of aliphatic hydroxyl groups excluding tert-OH is 3. The molecule has 0 bridgehead atoms. The Labute approximate surface area is 211 Å². The maximum Gasteiger partial charge on any atom is 0.334 e. The molecule has 1 aromatic carbocycles. The maximum absolute atomic E-state index is 12.5. The lowest BCUT2D eigenvalue weighted by Crippen LogP contribution is -2.61. The van der Waals surface area contributed by atoms with E-state index in [1.165, 1.54) is 18.2 Å². The highest BCUT2D eigenvalue weighted by Crippen LogP contribution is 2.45. The van der Waals surface area contributed by atoms with Crippen molar-refractivity contribution >= 4 is 23.8 Å². The van der Waals surface area contributed by atoms with Crippen LogP contribution in [0.25, 0.3) is 6.08 Å². The molecular formula is C25H28O12. The van der Waals surface area contributed by atoms with Crippen LogP contribution in [-0.2, 0) is 33.3 Å². The van der Waals surface area contributed by atoms with Gasteiger partial charge in [0.1, 0.15) is 29.8 Å². The highest BCUT2D eigenvalue weighted by Gasteiger charge is 2.54. The minimum absolute atomic E-state index is 0.0141. The maximum atomic E-state index is 12.5. The van der Waals surface area contributed by atoms with Gasteiger partial charge in [-0.2, -0.15) is 0 Å². The number of rotatable bonds is 7. The molecule has 0 amide bonds. The van der Waals surface area contributed by atoms with E-state index < -0.39 is 73.3 Å². The summed E-state index contributed by atoms with van der Waals surface area (Å²) in [6, 6.07) is 5.96. The fourth-order valence-electron chi connectivity index (χ4n) is 4.84. The SMILES string of the molecule is C[C@H]1C(=O)C[C@@H]2C(C(=O)O)=CO[C@@H](O[C@@H]3O[C@H](CO)[C@@H](O)[C@H](O)[C@H]3OC(=O)/C=C\c3ccc(O)cc3)[C@@H]21. The minimum atomic E-state index is -1.71. The summed E-state index contributed by atoms with van der Waals surface area (Å²) in [5.74, 6) is -4.25. The van der Waals surface area contributed by atoms with Crippen molar-refractivity contribution in [3.63, 3.8) is 0 Å². The molecule has 1 saturated carbocycles. The molecule has 2 heterocycles. The number of phenols is 1. The van der Waals surface area contributed by atoms with Crippen LogP contribution in [0.3, 0.4) is 0 Å².